The number of nitrogens with one attached hydrogen (secondary N) is 1. The zero-order valence-electron chi connectivity index (χ0n) is 9.33. The Morgan fingerprint density at radius 2 is 2.00 bits per heavy atom. The van der Waals surface area contributed by atoms with Crippen molar-refractivity contribution in [3.05, 3.63) is 24.3 Å². The molecule has 0 unspecified atom stereocenters. The third kappa shape index (κ3) is 2.88. The van der Waals surface area contributed by atoms with Crippen molar-refractivity contribution in [1.29, 1.82) is 0 Å². The summed E-state index contributed by atoms with van der Waals surface area (Å²) in [6.45, 7) is 3.95. The molecule has 0 spiro atoms. The molecule has 0 heterocycles. The van der Waals surface area contributed by atoms with Crippen LogP contribution in [-0.4, -0.2) is 13.2 Å². The fourth-order valence-corrected chi connectivity index (χ4v) is 1.75. The highest BCUT2D eigenvalue weighted by atomic mass is 16.5. The van der Waals surface area contributed by atoms with Gasteiger partial charge < -0.3 is 10.1 Å². The quantitative estimate of drug-likeness (QED) is 0.796. The molecule has 0 aromatic heterocycles. The molecule has 0 atom stereocenters. The summed E-state index contributed by atoms with van der Waals surface area (Å²) >= 11 is 0. The van der Waals surface area contributed by atoms with Crippen molar-refractivity contribution in [2.75, 3.05) is 18.5 Å². The Hall–Kier alpha value is -1.18. The minimum atomic E-state index is 0.804. The van der Waals surface area contributed by atoms with E-state index in [0.29, 0.717) is 0 Å². The maximum absolute atomic E-state index is 5.72. The van der Waals surface area contributed by atoms with E-state index in [2.05, 4.69) is 24.4 Å². The van der Waals surface area contributed by atoms with Crippen molar-refractivity contribution in [2.24, 2.45) is 5.92 Å². The Kier molecular flexibility index (Phi) is 3.49. The van der Waals surface area contributed by atoms with Crippen LogP contribution < -0.4 is 10.1 Å². The molecule has 0 radical (unpaired) electrons. The predicted molar refractivity (Wildman–Crippen MR) is 63.4 cm³/mol. The standard InChI is InChI=1S/C13H19NO/c1-2-14-12-6-8-13(9-7-12)15-10-11-4-3-5-11/h6-9,11,14H,2-5,10H2,1H3. The van der Waals surface area contributed by atoms with E-state index in [0.717, 1.165) is 30.5 Å². The van der Waals surface area contributed by atoms with E-state index in [1.165, 1.54) is 19.3 Å². The normalized spacial score (nSPS) is 15.8. The molecule has 1 N–H and O–H groups in total. The van der Waals surface area contributed by atoms with Gasteiger partial charge in [0.2, 0.25) is 0 Å². The molecule has 1 aliphatic carbocycles. The van der Waals surface area contributed by atoms with Crippen LogP contribution in [0.15, 0.2) is 24.3 Å². The summed E-state index contributed by atoms with van der Waals surface area (Å²) < 4.78 is 5.72. The van der Waals surface area contributed by atoms with Crippen LogP contribution in [-0.2, 0) is 0 Å². The highest BCUT2D eigenvalue weighted by molar-refractivity contribution is 5.46. The Morgan fingerprint density at radius 1 is 1.27 bits per heavy atom. The van der Waals surface area contributed by atoms with Crippen LogP contribution in [0.5, 0.6) is 5.75 Å². The summed E-state index contributed by atoms with van der Waals surface area (Å²) in [5.74, 6) is 1.79. The Morgan fingerprint density at radius 3 is 2.53 bits per heavy atom. The lowest BCUT2D eigenvalue weighted by Crippen LogP contribution is -2.19. The molecule has 1 aromatic carbocycles. The van der Waals surface area contributed by atoms with Crippen LogP contribution in [0, 0.1) is 5.92 Å². The largest absolute Gasteiger partial charge is 0.493 e. The Labute approximate surface area is 91.6 Å². The Bertz CT molecular complexity index is 290. The van der Waals surface area contributed by atoms with Gasteiger partial charge in [0.25, 0.3) is 0 Å². The maximum atomic E-state index is 5.72. The van der Waals surface area contributed by atoms with Crippen molar-refractivity contribution < 1.29 is 4.74 Å². The second-order valence-electron chi connectivity index (χ2n) is 4.16. The van der Waals surface area contributed by atoms with Gasteiger partial charge >= 0.3 is 0 Å². The molecular weight excluding hydrogens is 186 g/mol. The molecule has 0 aliphatic heterocycles. The van der Waals surface area contributed by atoms with E-state index in [4.69, 9.17) is 4.74 Å². The lowest BCUT2D eigenvalue weighted by molar-refractivity contribution is 0.180. The van der Waals surface area contributed by atoms with Gasteiger partial charge in [-0.3, -0.25) is 0 Å². The fourth-order valence-electron chi connectivity index (χ4n) is 1.75. The van der Waals surface area contributed by atoms with Crippen molar-refractivity contribution in [3.63, 3.8) is 0 Å². The van der Waals surface area contributed by atoms with E-state index in [9.17, 15) is 0 Å². The van der Waals surface area contributed by atoms with Gasteiger partial charge in [-0.15, -0.1) is 0 Å². The van der Waals surface area contributed by atoms with Crippen LogP contribution in [0.4, 0.5) is 5.69 Å². The zero-order valence-corrected chi connectivity index (χ0v) is 9.33. The summed E-state index contributed by atoms with van der Waals surface area (Å²) in [6.07, 6.45) is 4.07. The smallest absolute Gasteiger partial charge is 0.119 e. The summed E-state index contributed by atoms with van der Waals surface area (Å²) in [5, 5.41) is 3.27. The molecule has 0 saturated heterocycles. The zero-order chi connectivity index (χ0) is 10.5. The molecule has 0 amide bonds. The molecule has 2 heteroatoms. The van der Waals surface area contributed by atoms with Crippen LogP contribution in [0.2, 0.25) is 0 Å². The molecular formula is C13H19NO. The van der Waals surface area contributed by atoms with Crippen molar-refractivity contribution in [3.8, 4) is 5.75 Å². The van der Waals surface area contributed by atoms with Gasteiger partial charge in [0.15, 0.2) is 0 Å². The summed E-state index contributed by atoms with van der Waals surface area (Å²) in [4.78, 5) is 0. The van der Waals surface area contributed by atoms with E-state index in [1.807, 2.05) is 12.1 Å². The monoisotopic (exact) mass is 205 g/mol. The molecule has 2 rings (SSSR count). The number of ether oxygens (including phenoxy) is 1. The molecule has 1 aliphatic rings. The second-order valence-corrected chi connectivity index (χ2v) is 4.16. The highest BCUT2D eigenvalue weighted by Gasteiger charge is 2.17. The number of benzene rings is 1. The summed E-state index contributed by atoms with van der Waals surface area (Å²) in [7, 11) is 0. The fraction of sp³-hybridized carbons (Fsp3) is 0.538. The van der Waals surface area contributed by atoms with E-state index in [1.54, 1.807) is 0 Å². The van der Waals surface area contributed by atoms with Gasteiger partial charge in [0.05, 0.1) is 6.61 Å². The number of rotatable bonds is 5. The van der Waals surface area contributed by atoms with Crippen molar-refractivity contribution in [2.45, 2.75) is 26.2 Å². The van der Waals surface area contributed by atoms with Crippen LogP contribution in [0.25, 0.3) is 0 Å². The third-order valence-corrected chi connectivity index (χ3v) is 2.95. The van der Waals surface area contributed by atoms with Gasteiger partial charge in [0, 0.05) is 12.2 Å². The lowest BCUT2D eigenvalue weighted by Gasteiger charge is -2.25. The van der Waals surface area contributed by atoms with Crippen LogP contribution in [0.1, 0.15) is 26.2 Å². The molecule has 0 bridgehead atoms. The predicted octanol–water partition coefficient (Wildman–Crippen LogP) is 3.30. The summed E-state index contributed by atoms with van der Waals surface area (Å²) in [6, 6.07) is 8.21. The first kappa shape index (κ1) is 10.3. The first-order valence-electron chi connectivity index (χ1n) is 5.85. The van der Waals surface area contributed by atoms with Crippen molar-refractivity contribution >= 4 is 5.69 Å². The van der Waals surface area contributed by atoms with Gasteiger partial charge in [-0.05, 0) is 49.9 Å². The first-order valence-corrected chi connectivity index (χ1v) is 5.85. The highest BCUT2D eigenvalue weighted by Crippen LogP contribution is 2.27. The average Bonchev–Trinajstić information content (AvgIpc) is 2.19. The lowest BCUT2D eigenvalue weighted by atomic mass is 9.86. The van der Waals surface area contributed by atoms with E-state index >= 15 is 0 Å². The number of hydrogen-bond acceptors (Lipinski definition) is 2. The van der Waals surface area contributed by atoms with Crippen LogP contribution in [0.3, 0.4) is 0 Å². The van der Waals surface area contributed by atoms with Crippen molar-refractivity contribution in [1.82, 2.24) is 0 Å². The van der Waals surface area contributed by atoms with E-state index < -0.39 is 0 Å². The molecule has 82 valence electrons. The van der Waals surface area contributed by atoms with Gasteiger partial charge in [-0.1, -0.05) is 6.42 Å². The molecule has 15 heavy (non-hydrogen) atoms. The molecule has 2 nitrogen and oxygen atoms in total. The third-order valence-electron chi connectivity index (χ3n) is 2.95. The van der Waals surface area contributed by atoms with Gasteiger partial charge in [-0.25, -0.2) is 0 Å². The molecule has 1 saturated carbocycles. The molecule has 1 aromatic rings. The SMILES string of the molecule is CCNc1ccc(OCC2CCC2)cc1. The molecule has 1 fully saturated rings. The Balaban J connectivity index is 1.80. The maximum Gasteiger partial charge on any atom is 0.119 e. The minimum Gasteiger partial charge on any atom is -0.493 e. The minimum absolute atomic E-state index is 0.804. The average molecular weight is 205 g/mol. The van der Waals surface area contributed by atoms with Crippen LogP contribution >= 0.6 is 0 Å². The van der Waals surface area contributed by atoms with Gasteiger partial charge in [0.1, 0.15) is 5.75 Å². The number of hydrogen-bond donors (Lipinski definition) is 1. The first-order chi connectivity index (χ1) is 7.38. The second kappa shape index (κ2) is 5.06. The number of anilines is 1. The summed E-state index contributed by atoms with van der Waals surface area (Å²) in [5.41, 5.74) is 1.16. The van der Waals surface area contributed by atoms with Gasteiger partial charge in [-0.2, -0.15) is 0 Å². The van der Waals surface area contributed by atoms with E-state index in [-0.39, 0.29) is 0 Å². The topological polar surface area (TPSA) is 21.3 Å².